The molecular weight excluding hydrogens is 856 g/mol. The molecule has 0 unspecified atom stereocenters. The number of fused-ring (bicyclic) bond motifs is 6. The fourth-order valence-electron chi connectivity index (χ4n) is 14.6. The minimum atomic E-state index is -2.05. The summed E-state index contributed by atoms with van der Waals surface area (Å²) in [6.07, 6.45) is 21.2. The third kappa shape index (κ3) is 9.21. The first-order valence-electron chi connectivity index (χ1n) is 25.1. The zero-order valence-corrected chi connectivity index (χ0v) is 41.0. The number of ether oxygens (including phenoxy) is 2. The van der Waals surface area contributed by atoms with Crippen LogP contribution in [0.25, 0.3) is 0 Å². The standard InChI is InChI=1S/C28H37FO7.C27H40O3.H2O/c1-6-23(33)35-15-22(32)28(36-24(34)7-2)16(3)12-20-19-9-8-17-13-18(30)10-11-25(17,4)27(19,29)21(31)14-26(20,28)5;1-17(6-13-25(29)20-8-9-20)23-11-12-24-19(5-4-14-27(23,24)3)7-10-21-15-22(28)16-26(30)18(21)2;/h10-11,13,16,19-21,31H,6-9,12,14-15H2,1-5H3;6-7,10,13,17,20,22-26,28-30H,2,4-5,8-9,11-12,14-16H2,1,3H3;1H2/b;13-6+,19-7+,21-10-;/t16-,19-,20-,21-,25-,26-,27-,28-;17-,22-,23-,24+,25-,26+,27-;/m01./s1. The van der Waals surface area contributed by atoms with Crippen molar-refractivity contribution >= 4 is 23.5 Å². The molecule has 0 saturated heterocycles. The number of hydrogen-bond donors (Lipinski definition) is 4. The molecular formula is C55H79FO11. The smallest absolute Gasteiger partial charge is 0.306 e. The Morgan fingerprint density at radius 3 is 2.33 bits per heavy atom. The van der Waals surface area contributed by atoms with Crippen molar-refractivity contribution in [2.24, 2.45) is 57.7 Å². The van der Waals surface area contributed by atoms with Crippen LogP contribution >= 0.6 is 0 Å². The number of carbonyl (C=O) groups is 4. The van der Waals surface area contributed by atoms with E-state index in [0.717, 1.165) is 17.6 Å². The van der Waals surface area contributed by atoms with Crippen LogP contribution < -0.4 is 0 Å². The lowest BCUT2D eigenvalue weighted by Gasteiger charge is -2.62. The maximum atomic E-state index is 17.4. The second kappa shape index (κ2) is 20.1. The van der Waals surface area contributed by atoms with E-state index in [4.69, 9.17) is 9.47 Å². The summed E-state index contributed by atoms with van der Waals surface area (Å²) >= 11 is 0. The summed E-state index contributed by atoms with van der Waals surface area (Å²) in [6.45, 7) is 16.9. The molecule has 6 N–H and O–H groups in total. The van der Waals surface area contributed by atoms with E-state index in [2.05, 4.69) is 44.7 Å². The maximum absolute atomic E-state index is 17.4. The highest BCUT2D eigenvalue weighted by Gasteiger charge is 2.77. The normalized spacial score (nSPS) is 42.0. The van der Waals surface area contributed by atoms with Gasteiger partial charge in [-0.25, -0.2) is 4.39 Å². The van der Waals surface area contributed by atoms with Crippen molar-refractivity contribution in [1.82, 2.24) is 0 Å². The molecule has 11 nitrogen and oxygen atoms in total. The molecule has 0 amide bonds. The zero-order chi connectivity index (χ0) is 48.1. The van der Waals surface area contributed by atoms with Gasteiger partial charge in [0.2, 0.25) is 5.78 Å². The van der Waals surface area contributed by atoms with Gasteiger partial charge in [0.1, 0.15) is 0 Å². The summed E-state index contributed by atoms with van der Waals surface area (Å²) in [5.74, 6) is -1.03. The van der Waals surface area contributed by atoms with E-state index < -0.39 is 76.6 Å². The molecule has 8 rings (SSSR count). The van der Waals surface area contributed by atoms with Crippen LogP contribution in [0.15, 0.2) is 71.4 Å². The Labute approximate surface area is 397 Å². The van der Waals surface area contributed by atoms with Gasteiger partial charge in [-0.05, 0) is 142 Å². The number of halogens is 1. The van der Waals surface area contributed by atoms with Gasteiger partial charge in [0, 0.05) is 41.9 Å². The SMILES string of the molecule is C=C1/C(=C\C=C2/CCC[C@]3(C)[C@@H]([C@H](C)/C=C/[C@@H](O)C4CC4)CC[C@@H]23)C[C@@H](O)C[C@@H]1O.CCC(=O)OCC(=O)[C@@]1(OC(=O)CC)[C@@H](C)C[C@H]2[C@@H]3CCC4=CC(=O)C=C[C@]4(C)[C@@]3(F)[C@@H](O)C[C@@]21C.O. The molecule has 0 spiro atoms. The number of ketones is 2. The Morgan fingerprint density at radius 2 is 1.66 bits per heavy atom. The molecule has 8 aliphatic carbocycles. The average molecular weight is 935 g/mol. The molecule has 0 aromatic heterocycles. The fourth-order valence-corrected chi connectivity index (χ4v) is 14.6. The summed E-state index contributed by atoms with van der Waals surface area (Å²) in [7, 11) is 0. The van der Waals surface area contributed by atoms with Gasteiger partial charge in [-0.1, -0.05) is 89.6 Å². The monoisotopic (exact) mass is 935 g/mol. The fraction of sp³-hybridized carbons (Fsp3) is 0.709. The van der Waals surface area contributed by atoms with Gasteiger partial charge in [0.15, 0.2) is 23.7 Å². The van der Waals surface area contributed by atoms with E-state index in [1.165, 1.54) is 56.3 Å². The minimum Gasteiger partial charge on any atom is -0.457 e. The van der Waals surface area contributed by atoms with Crippen molar-refractivity contribution in [1.29, 1.82) is 0 Å². The zero-order valence-electron chi connectivity index (χ0n) is 41.0. The quantitative estimate of drug-likeness (QED) is 0.116. The number of esters is 2. The highest BCUT2D eigenvalue weighted by molar-refractivity contribution is 6.01. The van der Waals surface area contributed by atoms with E-state index in [-0.39, 0.29) is 42.5 Å². The van der Waals surface area contributed by atoms with Crippen molar-refractivity contribution in [3.05, 3.63) is 71.4 Å². The van der Waals surface area contributed by atoms with Crippen LogP contribution in [-0.4, -0.2) is 91.7 Å². The molecule has 8 aliphatic rings. The Morgan fingerprint density at radius 1 is 0.955 bits per heavy atom. The van der Waals surface area contributed by atoms with Crippen LogP contribution in [-0.2, 0) is 28.7 Å². The molecule has 0 radical (unpaired) electrons. The molecule has 0 bridgehead atoms. The van der Waals surface area contributed by atoms with E-state index in [1.807, 2.05) is 6.92 Å². The summed E-state index contributed by atoms with van der Waals surface area (Å²) in [5, 5.41) is 41.9. The molecule has 15 atom stereocenters. The third-order valence-electron chi connectivity index (χ3n) is 18.5. The lowest BCUT2D eigenvalue weighted by molar-refractivity contribution is -0.228. The van der Waals surface area contributed by atoms with Crippen molar-refractivity contribution < 1.29 is 58.9 Å². The van der Waals surface area contributed by atoms with Crippen LogP contribution in [0.3, 0.4) is 0 Å². The largest absolute Gasteiger partial charge is 0.457 e. The third-order valence-corrected chi connectivity index (χ3v) is 18.5. The van der Waals surface area contributed by atoms with E-state index >= 15 is 4.39 Å². The van der Waals surface area contributed by atoms with Crippen molar-refractivity contribution in [2.45, 2.75) is 180 Å². The van der Waals surface area contributed by atoms with Crippen LogP contribution in [0.5, 0.6) is 0 Å². The molecule has 0 aromatic carbocycles. The second-order valence-corrected chi connectivity index (χ2v) is 22.1. The van der Waals surface area contributed by atoms with E-state index in [1.54, 1.807) is 33.8 Å². The molecule has 67 heavy (non-hydrogen) atoms. The lowest BCUT2D eigenvalue weighted by Crippen LogP contribution is -2.70. The van der Waals surface area contributed by atoms with Crippen molar-refractivity contribution in [3.63, 3.8) is 0 Å². The van der Waals surface area contributed by atoms with E-state index in [9.17, 15) is 39.6 Å². The molecule has 0 aromatic rings. The Kier molecular flexibility index (Phi) is 15.8. The number of alkyl halides is 1. The Bertz CT molecular complexity index is 2080. The van der Waals surface area contributed by atoms with Gasteiger partial charge in [-0.2, -0.15) is 0 Å². The molecule has 372 valence electrons. The average Bonchev–Trinajstić information content (AvgIpc) is 4.03. The number of carbonyl (C=O) groups excluding carboxylic acids is 4. The summed E-state index contributed by atoms with van der Waals surface area (Å²) < 4.78 is 28.5. The maximum Gasteiger partial charge on any atom is 0.306 e. The second-order valence-electron chi connectivity index (χ2n) is 22.1. The number of aliphatic hydroxyl groups excluding tert-OH is 4. The topological polar surface area (TPSA) is 199 Å². The summed E-state index contributed by atoms with van der Waals surface area (Å²) in [5.41, 5.74) is -1.63. The molecule has 0 aliphatic heterocycles. The summed E-state index contributed by atoms with van der Waals surface area (Å²) in [4.78, 5) is 50.3. The Hall–Kier alpha value is -3.55. The van der Waals surface area contributed by atoms with E-state index in [0.29, 0.717) is 66.8 Å². The number of hydrogen-bond acceptors (Lipinski definition) is 10. The molecule has 0 heterocycles. The van der Waals surface area contributed by atoms with Gasteiger partial charge in [-0.3, -0.25) is 19.2 Å². The predicted molar refractivity (Wildman–Crippen MR) is 254 cm³/mol. The van der Waals surface area contributed by atoms with Crippen molar-refractivity contribution in [3.8, 4) is 0 Å². The lowest BCUT2D eigenvalue weighted by atomic mass is 9.44. The van der Waals surface area contributed by atoms with Crippen molar-refractivity contribution in [2.75, 3.05) is 6.61 Å². The van der Waals surface area contributed by atoms with Gasteiger partial charge in [0.05, 0.1) is 24.4 Å². The summed E-state index contributed by atoms with van der Waals surface area (Å²) in [6, 6.07) is 0. The number of Topliss-reactive ketones (excluding diaryl/α,β-unsaturated/α-hetero) is 1. The first-order valence-corrected chi connectivity index (χ1v) is 25.1. The van der Waals surface area contributed by atoms with Gasteiger partial charge in [-0.15, -0.1) is 0 Å². The van der Waals surface area contributed by atoms with Crippen LogP contribution in [0, 0.1) is 57.7 Å². The number of rotatable bonds is 11. The first-order chi connectivity index (χ1) is 31.1. The minimum absolute atomic E-state index is 0. The number of allylic oxidation sites excluding steroid dienone is 8. The molecule has 7 saturated carbocycles. The Balaban J connectivity index is 0.000000221. The highest BCUT2D eigenvalue weighted by Crippen LogP contribution is 2.71. The van der Waals surface area contributed by atoms with Crippen LogP contribution in [0.2, 0.25) is 0 Å². The van der Waals surface area contributed by atoms with Crippen LogP contribution in [0.4, 0.5) is 4.39 Å². The van der Waals surface area contributed by atoms with Gasteiger partial charge >= 0.3 is 11.9 Å². The highest BCUT2D eigenvalue weighted by atomic mass is 19.1. The number of aliphatic hydroxyl groups is 4. The molecule has 7 fully saturated rings. The van der Waals surface area contributed by atoms with Gasteiger partial charge < -0.3 is 35.4 Å². The van der Waals surface area contributed by atoms with Crippen LogP contribution in [0.1, 0.15) is 145 Å². The first kappa shape index (κ1) is 52.8. The predicted octanol–water partition coefficient (Wildman–Crippen LogP) is 8.08. The van der Waals surface area contributed by atoms with Gasteiger partial charge in [0.25, 0.3) is 0 Å². The molecule has 12 heteroatoms.